The number of anilines is 1. The van der Waals surface area contributed by atoms with Gasteiger partial charge in [0, 0.05) is 17.1 Å². The molecule has 1 fully saturated rings. The fourth-order valence-corrected chi connectivity index (χ4v) is 4.24. The molecule has 4 rings (SSSR count). The maximum Gasteiger partial charge on any atom is 0.301 e. The number of aromatic nitrogens is 1. The van der Waals surface area contributed by atoms with Crippen LogP contribution in [0.1, 0.15) is 24.1 Å². The zero-order valence-electron chi connectivity index (χ0n) is 17.3. The number of aliphatic hydroxyl groups is 1. The van der Waals surface area contributed by atoms with Gasteiger partial charge < -0.3 is 19.7 Å². The van der Waals surface area contributed by atoms with Gasteiger partial charge >= 0.3 is 5.91 Å². The topological polar surface area (TPSA) is 109 Å². The van der Waals surface area contributed by atoms with Crippen LogP contribution < -0.4 is 14.4 Å². The Kier molecular flexibility index (Phi) is 5.83. The number of aromatic hydroxyl groups is 1. The van der Waals surface area contributed by atoms with Crippen LogP contribution in [0, 0.1) is 0 Å². The second-order valence-electron chi connectivity index (χ2n) is 6.88. The number of thiazole rings is 1. The van der Waals surface area contributed by atoms with Crippen molar-refractivity contribution in [2.45, 2.75) is 13.0 Å². The summed E-state index contributed by atoms with van der Waals surface area (Å²) >= 11 is 1.19. The van der Waals surface area contributed by atoms with Crippen molar-refractivity contribution >= 4 is 33.9 Å². The van der Waals surface area contributed by atoms with E-state index < -0.39 is 17.7 Å². The van der Waals surface area contributed by atoms with Crippen molar-refractivity contribution in [3.63, 3.8) is 0 Å². The van der Waals surface area contributed by atoms with Crippen LogP contribution in [0.2, 0.25) is 0 Å². The molecule has 164 valence electrons. The predicted molar refractivity (Wildman–Crippen MR) is 119 cm³/mol. The zero-order valence-corrected chi connectivity index (χ0v) is 18.1. The molecule has 1 atom stereocenters. The molecule has 1 unspecified atom stereocenters. The van der Waals surface area contributed by atoms with Crippen LogP contribution in [-0.2, 0) is 9.59 Å². The Balaban J connectivity index is 1.94. The SMILES string of the molecule is CCOc1cc(C2C(=C(O)c3cccc(OC)c3)C(=O)C(=O)N2c2nccs2)ccc1O. The maximum atomic E-state index is 13.1. The summed E-state index contributed by atoms with van der Waals surface area (Å²) in [7, 11) is 1.49. The first kappa shape index (κ1) is 21.4. The number of phenolic OH excluding ortho intramolecular Hbond substituents is 1. The number of hydrogen-bond donors (Lipinski definition) is 2. The molecule has 2 N–H and O–H groups in total. The number of phenols is 1. The first-order chi connectivity index (χ1) is 15.5. The summed E-state index contributed by atoms with van der Waals surface area (Å²) in [6.45, 7) is 2.09. The average molecular weight is 452 g/mol. The number of ketones is 1. The molecule has 1 amide bonds. The largest absolute Gasteiger partial charge is 0.507 e. The van der Waals surface area contributed by atoms with E-state index in [-0.39, 0.29) is 22.8 Å². The van der Waals surface area contributed by atoms with Crippen molar-refractivity contribution in [3.8, 4) is 17.2 Å². The molecule has 9 heteroatoms. The normalized spacial score (nSPS) is 17.6. The molecular formula is C23H20N2O6S. The molecule has 1 aliphatic rings. The number of amides is 1. The number of benzene rings is 2. The number of methoxy groups -OCH3 is 1. The molecule has 0 radical (unpaired) electrons. The first-order valence-corrected chi connectivity index (χ1v) is 10.6. The van der Waals surface area contributed by atoms with Gasteiger partial charge in [0.2, 0.25) is 0 Å². The minimum atomic E-state index is -0.966. The lowest BCUT2D eigenvalue weighted by Crippen LogP contribution is -2.29. The van der Waals surface area contributed by atoms with Crippen molar-refractivity contribution in [2.75, 3.05) is 18.6 Å². The van der Waals surface area contributed by atoms with Crippen LogP contribution in [0.15, 0.2) is 59.6 Å². The highest BCUT2D eigenvalue weighted by atomic mass is 32.1. The lowest BCUT2D eigenvalue weighted by Gasteiger charge is -2.23. The van der Waals surface area contributed by atoms with Crippen LogP contribution >= 0.6 is 11.3 Å². The van der Waals surface area contributed by atoms with Crippen molar-refractivity contribution in [1.82, 2.24) is 4.98 Å². The van der Waals surface area contributed by atoms with Crippen molar-refractivity contribution in [3.05, 3.63) is 70.7 Å². The van der Waals surface area contributed by atoms with E-state index in [1.807, 2.05) is 0 Å². The van der Waals surface area contributed by atoms with Gasteiger partial charge in [0.15, 0.2) is 16.6 Å². The highest BCUT2D eigenvalue weighted by molar-refractivity contribution is 7.14. The number of aliphatic hydroxyl groups excluding tert-OH is 1. The van der Waals surface area contributed by atoms with Crippen LogP contribution in [0.3, 0.4) is 0 Å². The van der Waals surface area contributed by atoms with E-state index >= 15 is 0 Å². The molecular weight excluding hydrogens is 432 g/mol. The van der Waals surface area contributed by atoms with Crippen molar-refractivity contribution in [2.24, 2.45) is 0 Å². The van der Waals surface area contributed by atoms with Gasteiger partial charge in [-0.05, 0) is 36.8 Å². The van der Waals surface area contributed by atoms with Crippen molar-refractivity contribution < 1.29 is 29.3 Å². The number of nitrogens with zero attached hydrogens (tertiary/aromatic N) is 2. The Hall–Kier alpha value is -3.85. The summed E-state index contributed by atoms with van der Waals surface area (Å²) in [4.78, 5) is 31.6. The number of carbonyl (C=O) groups excluding carboxylic acids is 2. The van der Waals surface area contributed by atoms with Gasteiger partial charge in [0.1, 0.15) is 11.5 Å². The Morgan fingerprint density at radius 2 is 2.03 bits per heavy atom. The number of rotatable bonds is 6. The van der Waals surface area contributed by atoms with Crippen LogP contribution in [0.25, 0.3) is 5.76 Å². The van der Waals surface area contributed by atoms with Crippen molar-refractivity contribution in [1.29, 1.82) is 0 Å². The van der Waals surface area contributed by atoms with E-state index in [1.54, 1.807) is 48.7 Å². The molecule has 32 heavy (non-hydrogen) atoms. The standard InChI is InChI=1S/C23H20N2O6S/c1-3-31-17-12-13(7-8-16(17)26)19-18(20(27)14-5-4-6-15(11-14)30-2)21(28)22(29)25(19)23-24-9-10-32-23/h4-12,19,26-27H,3H2,1-2H3. The second-order valence-corrected chi connectivity index (χ2v) is 7.75. The minimum Gasteiger partial charge on any atom is -0.507 e. The first-order valence-electron chi connectivity index (χ1n) is 9.76. The highest BCUT2D eigenvalue weighted by Gasteiger charge is 2.48. The molecule has 0 spiro atoms. The predicted octanol–water partition coefficient (Wildman–Crippen LogP) is 3.88. The molecule has 1 aliphatic heterocycles. The van der Waals surface area contributed by atoms with Gasteiger partial charge in [0.05, 0.1) is 25.3 Å². The summed E-state index contributed by atoms with van der Waals surface area (Å²) in [6.07, 6.45) is 1.53. The quantitative estimate of drug-likeness (QED) is 0.332. The second kappa shape index (κ2) is 8.72. The van der Waals surface area contributed by atoms with Gasteiger partial charge in [-0.1, -0.05) is 18.2 Å². The van der Waals surface area contributed by atoms with E-state index in [9.17, 15) is 19.8 Å². The number of carbonyl (C=O) groups is 2. The molecule has 3 aromatic rings. The third-order valence-corrected chi connectivity index (χ3v) is 5.78. The van der Waals surface area contributed by atoms with Gasteiger partial charge in [-0.25, -0.2) is 4.98 Å². The van der Waals surface area contributed by atoms with Crippen LogP contribution in [0.5, 0.6) is 17.2 Å². The Morgan fingerprint density at radius 3 is 2.72 bits per heavy atom. The lowest BCUT2D eigenvalue weighted by molar-refractivity contribution is -0.132. The fraction of sp³-hybridized carbons (Fsp3) is 0.174. The third-order valence-electron chi connectivity index (χ3n) is 5.01. The smallest absolute Gasteiger partial charge is 0.301 e. The Labute approximate surface area is 188 Å². The van der Waals surface area contributed by atoms with Gasteiger partial charge in [-0.2, -0.15) is 0 Å². The summed E-state index contributed by atoms with van der Waals surface area (Å²) in [5, 5.41) is 23.2. The molecule has 0 bridgehead atoms. The molecule has 8 nitrogen and oxygen atoms in total. The number of Topliss-reactive ketones (excluding diaryl/α,β-unsaturated/α-hetero) is 1. The molecule has 2 aromatic carbocycles. The maximum absolute atomic E-state index is 13.1. The summed E-state index contributed by atoms with van der Waals surface area (Å²) < 4.78 is 10.7. The van der Waals surface area contributed by atoms with Gasteiger partial charge in [0.25, 0.3) is 5.78 Å². The average Bonchev–Trinajstić information content (AvgIpc) is 3.42. The monoisotopic (exact) mass is 452 g/mol. The number of hydrogen-bond acceptors (Lipinski definition) is 8. The van der Waals surface area contributed by atoms with Gasteiger partial charge in [-0.15, -0.1) is 11.3 Å². The Bertz CT molecular complexity index is 1200. The van der Waals surface area contributed by atoms with E-state index in [0.29, 0.717) is 28.6 Å². The molecule has 1 aromatic heterocycles. The fourth-order valence-electron chi connectivity index (χ4n) is 3.58. The van der Waals surface area contributed by atoms with Gasteiger partial charge in [-0.3, -0.25) is 14.5 Å². The number of ether oxygens (including phenoxy) is 2. The molecule has 0 aliphatic carbocycles. The molecule has 1 saturated heterocycles. The highest BCUT2D eigenvalue weighted by Crippen LogP contribution is 2.44. The van der Waals surface area contributed by atoms with Crippen LogP contribution in [-0.4, -0.2) is 40.6 Å². The minimum absolute atomic E-state index is 0.0744. The summed E-state index contributed by atoms with van der Waals surface area (Å²) in [6, 6.07) is 10.2. The Morgan fingerprint density at radius 1 is 1.22 bits per heavy atom. The molecule has 2 heterocycles. The van der Waals surface area contributed by atoms with E-state index in [1.165, 1.54) is 35.6 Å². The zero-order chi connectivity index (χ0) is 22.8. The summed E-state index contributed by atoms with van der Waals surface area (Å²) in [5.74, 6) is -1.36. The molecule has 0 saturated carbocycles. The van der Waals surface area contributed by atoms with E-state index in [2.05, 4.69) is 4.98 Å². The van der Waals surface area contributed by atoms with E-state index in [0.717, 1.165) is 0 Å². The van der Waals surface area contributed by atoms with E-state index in [4.69, 9.17) is 9.47 Å². The van der Waals surface area contributed by atoms with Crippen LogP contribution in [0.4, 0.5) is 5.13 Å². The summed E-state index contributed by atoms with van der Waals surface area (Å²) in [5.41, 5.74) is 0.715. The third kappa shape index (κ3) is 3.67. The lowest BCUT2D eigenvalue weighted by atomic mass is 9.95.